The number of hydrogen-bond acceptors (Lipinski definition) is 6. The Labute approximate surface area is 112 Å². The van der Waals surface area contributed by atoms with Gasteiger partial charge in [0.05, 0.1) is 20.1 Å². The Bertz CT molecular complexity index is 328. The first-order valence-corrected chi connectivity index (χ1v) is 6.00. The van der Waals surface area contributed by atoms with Gasteiger partial charge >= 0.3 is 11.9 Å². The molecular formula is C13H20O6. The van der Waals surface area contributed by atoms with Gasteiger partial charge in [-0.2, -0.15) is 0 Å². The van der Waals surface area contributed by atoms with Crippen LogP contribution in [0, 0.1) is 11.8 Å². The van der Waals surface area contributed by atoms with Crippen molar-refractivity contribution >= 4 is 23.5 Å². The van der Waals surface area contributed by atoms with Crippen molar-refractivity contribution in [2.24, 2.45) is 11.8 Å². The van der Waals surface area contributed by atoms with Crippen molar-refractivity contribution in [2.75, 3.05) is 14.2 Å². The smallest absolute Gasteiger partial charge is 0.313 e. The third kappa shape index (κ3) is 6.69. The molecule has 108 valence electrons. The number of methoxy groups -OCH3 is 2. The number of Topliss-reactive ketones (excluding diaryl/α,β-unsaturated/α-hetero) is 2. The molecule has 6 heteroatoms. The van der Waals surface area contributed by atoms with Gasteiger partial charge in [0.1, 0.15) is 12.8 Å². The van der Waals surface area contributed by atoms with Crippen LogP contribution in [-0.2, 0) is 28.7 Å². The highest BCUT2D eigenvalue weighted by atomic mass is 16.5. The van der Waals surface area contributed by atoms with E-state index in [-0.39, 0.29) is 5.92 Å². The zero-order valence-electron chi connectivity index (χ0n) is 11.7. The lowest BCUT2D eigenvalue weighted by Gasteiger charge is -2.15. The molecule has 0 saturated carbocycles. The van der Waals surface area contributed by atoms with E-state index in [1.807, 2.05) is 13.8 Å². The molecule has 0 amide bonds. The Kier molecular flexibility index (Phi) is 7.63. The molecule has 0 radical (unpaired) electrons. The molecule has 0 heterocycles. The van der Waals surface area contributed by atoms with Gasteiger partial charge in [-0.25, -0.2) is 0 Å². The maximum absolute atomic E-state index is 11.9. The second-order valence-electron chi connectivity index (χ2n) is 4.62. The van der Waals surface area contributed by atoms with Crippen LogP contribution in [0.25, 0.3) is 0 Å². The summed E-state index contributed by atoms with van der Waals surface area (Å²) in [7, 11) is 2.34. The molecule has 0 aliphatic rings. The van der Waals surface area contributed by atoms with Crippen molar-refractivity contribution in [3.8, 4) is 0 Å². The molecule has 0 saturated heterocycles. The van der Waals surface area contributed by atoms with Crippen molar-refractivity contribution in [3.63, 3.8) is 0 Å². The van der Waals surface area contributed by atoms with Crippen LogP contribution in [0.3, 0.4) is 0 Å². The molecule has 0 rings (SSSR count). The molecule has 0 aliphatic heterocycles. The van der Waals surface area contributed by atoms with Gasteiger partial charge in [-0.1, -0.05) is 13.8 Å². The third-order valence-corrected chi connectivity index (χ3v) is 2.58. The van der Waals surface area contributed by atoms with Crippen LogP contribution in [-0.4, -0.2) is 37.7 Å². The van der Waals surface area contributed by atoms with Crippen molar-refractivity contribution in [1.82, 2.24) is 0 Å². The molecule has 0 aromatic carbocycles. The van der Waals surface area contributed by atoms with Crippen LogP contribution in [0.15, 0.2) is 0 Å². The minimum atomic E-state index is -0.960. The van der Waals surface area contributed by atoms with Crippen LogP contribution in [0.2, 0.25) is 0 Å². The molecular weight excluding hydrogens is 252 g/mol. The third-order valence-electron chi connectivity index (χ3n) is 2.58. The van der Waals surface area contributed by atoms with Gasteiger partial charge in [0.25, 0.3) is 0 Å². The number of rotatable bonds is 8. The fraction of sp³-hybridized carbons (Fsp3) is 0.692. The van der Waals surface area contributed by atoms with Gasteiger partial charge in [-0.05, 0) is 12.3 Å². The number of ether oxygens (including phenoxy) is 2. The van der Waals surface area contributed by atoms with Crippen molar-refractivity contribution in [1.29, 1.82) is 0 Å². The number of esters is 2. The number of carbonyl (C=O) groups excluding carboxylic acids is 4. The monoisotopic (exact) mass is 272 g/mol. The minimum absolute atomic E-state index is 0.0909. The molecule has 0 bridgehead atoms. The first kappa shape index (κ1) is 17.3. The normalized spacial score (nSPS) is 10.4. The topological polar surface area (TPSA) is 86.7 Å². The molecule has 19 heavy (non-hydrogen) atoms. The maximum atomic E-state index is 11.9. The van der Waals surface area contributed by atoms with Crippen LogP contribution < -0.4 is 0 Å². The van der Waals surface area contributed by atoms with Crippen molar-refractivity contribution < 1.29 is 28.7 Å². The highest BCUT2D eigenvalue weighted by molar-refractivity contribution is 6.11. The van der Waals surface area contributed by atoms with Gasteiger partial charge in [0.15, 0.2) is 11.6 Å². The molecule has 0 fully saturated rings. The summed E-state index contributed by atoms with van der Waals surface area (Å²) < 4.78 is 8.79. The van der Waals surface area contributed by atoms with Gasteiger partial charge < -0.3 is 9.47 Å². The number of carbonyl (C=O) groups is 4. The number of ketones is 2. The van der Waals surface area contributed by atoms with Crippen LogP contribution >= 0.6 is 0 Å². The van der Waals surface area contributed by atoms with Crippen LogP contribution in [0.1, 0.15) is 33.1 Å². The Morgan fingerprint density at radius 3 is 1.47 bits per heavy atom. The van der Waals surface area contributed by atoms with Crippen molar-refractivity contribution in [3.05, 3.63) is 0 Å². The second-order valence-corrected chi connectivity index (χ2v) is 4.62. The average Bonchev–Trinajstić information content (AvgIpc) is 2.34. The zero-order chi connectivity index (χ0) is 15.0. The van der Waals surface area contributed by atoms with E-state index in [1.54, 1.807) is 0 Å². The lowest BCUT2D eigenvalue weighted by Crippen LogP contribution is -2.29. The maximum Gasteiger partial charge on any atom is 0.313 e. The summed E-state index contributed by atoms with van der Waals surface area (Å²) in [5.41, 5.74) is 0. The van der Waals surface area contributed by atoms with E-state index in [1.165, 1.54) is 14.2 Å². The number of hydrogen-bond donors (Lipinski definition) is 0. The SMILES string of the molecule is COC(=O)CC(=O)C(CC(C)C)C(=O)CC(=O)OC. The van der Waals surface area contributed by atoms with E-state index >= 15 is 0 Å². The largest absolute Gasteiger partial charge is 0.469 e. The van der Waals surface area contributed by atoms with Gasteiger partial charge in [-0.15, -0.1) is 0 Å². The van der Waals surface area contributed by atoms with Gasteiger partial charge in [0.2, 0.25) is 0 Å². The fourth-order valence-corrected chi connectivity index (χ4v) is 1.59. The zero-order valence-corrected chi connectivity index (χ0v) is 11.7. The molecule has 0 atom stereocenters. The van der Waals surface area contributed by atoms with Gasteiger partial charge in [-0.3, -0.25) is 19.2 Å². The van der Waals surface area contributed by atoms with Crippen LogP contribution in [0.4, 0.5) is 0 Å². The Morgan fingerprint density at radius 1 is 0.842 bits per heavy atom. The van der Waals surface area contributed by atoms with Crippen molar-refractivity contribution in [2.45, 2.75) is 33.1 Å². The van der Waals surface area contributed by atoms with E-state index < -0.39 is 42.3 Å². The summed E-state index contributed by atoms with van der Waals surface area (Å²) in [6.45, 7) is 3.70. The Balaban J connectivity index is 4.79. The molecule has 0 unspecified atom stereocenters. The van der Waals surface area contributed by atoms with E-state index in [0.29, 0.717) is 6.42 Å². The first-order chi connectivity index (χ1) is 8.81. The van der Waals surface area contributed by atoms with E-state index in [9.17, 15) is 19.2 Å². The Hall–Kier alpha value is -1.72. The summed E-state index contributed by atoms with van der Waals surface area (Å²) in [6.07, 6.45) is -0.618. The summed E-state index contributed by atoms with van der Waals surface area (Å²) in [5, 5.41) is 0. The highest BCUT2D eigenvalue weighted by Gasteiger charge is 2.30. The highest BCUT2D eigenvalue weighted by Crippen LogP contribution is 2.17. The van der Waals surface area contributed by atoms with E-state index in [0.717, 1.165) is 0 Å². The van der Waals surface area contributed by atoms with E-state index in [4.69, 9.17) is 0 Å². The average molecular weight is 272 g/mol. The van der Waals surface area contributed by atoms with E-state index in [2.05, 4.69) is 9.47 Å². The quantitative estimate of drug-likeness (QED) is 0.482. The van der Waals surface area contributed by atoms with Crippen LogP contribution in [0.5, 0.6) is 0 Å². The summed E-state index contributed by atoms with van der Waals surface area (Å²) >= 11 is 0. The molecule has 0 aromatic rings. The fourth-order valence-electron chi connectivity index (χ4n) is 1.59. The molecule has 0 spiro atoms. The first-order valence-electron chi connectivity index (χ1n) is 6.00. The molecule has 0 aliphatic carbocycles. The lowest BCUT2D eigenvalue weighted by molar-refractivity contribution is -0.146. The molecule has 0 N–H and O–H groups in total. The predicted octanol–water partition coefficient (Wildman–Crippen LogP) is 0.913. The predicted molar refractivity (Wildman–Crippen MR) is 66.2 cm³/mol. The minimum Gasteiger partial charge on any atom is -0.469 e. The summed E-state index contributed by atoms with van der Waals surface area (Å²) in [5.74, 6) is -3.29. The van der Waals surface area contributed by atoms with Gasteiger partial charge in [0, 0.05) is 0 Å². The molecule has 6 nitrogen and oxygen atoms in total. The Morgan fingerprint density at radius 2 is 1.21 bits per heavy atom. The standard InChI is InChI=1S/C13H20O6/c1-8(2)5-9(10(14)6-12(16)18-3)11(15)7-13(17)19-4/h8-9H,5-7H2,1-4H3. The second kappa shape index (κ2) is 8.39. The molecule has 0 aromatic heterocycles. The summed E-state index contributed by atoms with van der Waals surface area (Å²) in [4.78, 5) is 45.9. The summed E-state index contributed by atoms with van der Waals surface area (Å²) in [6, 6.07) is 0. The lowest BCUT2D eigenvalue weighted by atomic mass is 9.87.